The highest BCUT2D eigenvalue weighted by Crippen LogP contribution is 2.14. The molecule has 0 saturated carbocycles. The average Bonchev–Trinajstić information content (AvgIpc) is 3.00. The molecular weight excluding hydrogens is 336 g/mol. The Morgan fingerprint density at radius 3 is 3.15 bits per heavy atom. The number of hydrogen-bond donors (Lipinski definition) is 1. The molecule has 0 bridgehead atoms. The van der Waals surface area contributed by atoms with E-state index >= 15 is 0 Å². The van der Waals surface area contributed by atoms with Crippen LogP contribution in [0.5, 0.6) is 0 Å². The van der Waals surface area contributed by atoms with E-state index < -0.39 is 0 Å². The van der Waals surface area contributed by atoms with Gasteiger partial charge in [-0.3, -0.25) is 0 Å². The van der Waals surface area contributed by atoms with Gasteiger partial charge in [0.25, 0.3) is 0 Å². The molecule has 0 saturated heterocycles. The second-order valence-electron chi connectivity index (χ2n) is 4.63. The van der Waals surface area contributed by atoms with Crippen molar-refractivity contribution in [3.05, 3.63) is 50.8 Å². The summed E-state index contributed by atoms with van der Waals surface area (Å²) in [6, 6.07) is 4.03. The van der Waals surface area contributed by atoms with Gasteiger partial charge in [-0.1, -0.05) is 15.9 Å². The smallest absolute Gasteiger partial charge is 0.138 e. The fourth-order valence-electron chi connectivity index (χ4n) is 2.08. The predicted molar refractivity (Wildman–Crippen MR) is 85.2 cm³/mol. The topological polar surface area (TPSA) is 42.2 Å². The Kier molecular flexibility index (Phi) is 4.14. The molecule has 0 spiro atoms. The van der Waals surface area contributed by atoms with Gasteiger partial charge in [-0.15, -0.1) is 11.3 Å². The first-order valence-electron chi connectivity index (χ1n) is 6.45. The summed E-state index contributed by atoms with van der Waals surface area (Å²) >= 11 is 5.19. The van der Waals surface area contributed by atoms with Crippen molar-refractivity contribution in [1.29, 1.82) is 0 Å². The van der Waals surface area contributed by atoms with Crippen LogP contribution in [-0.2, 0) is 13.0 Å². The monoisotopic (exact) mass is 350 g/mol. The third-order valence-electron chi connectivity index (χ3n) is 3.15. The molecule has 4 nitrogen and oxygen atoms in total. The summed E-state index contributed by atoms with van der Waals surface area (Å²) in [7, 11) is 0. The minimum Gasteiger partial charge on any atom is -0.311 e. The van der Waals surface area contributed by atoms with Crippen LogP contribution < -0.4 is 5.32 Å². The highest BCUT2D eigenvalue weighted by atomic mass is 79.9. The largest absolute Gasteiger partial charge is 0.311 e. The molecule has 3 rings (SSSR count). The van der Waals surface area contributed by atoms with Crippen LogP contribution in [0.1, 0.15) is 16.3 Å². The first-order valence-corrected chi connectivity index (χ1v) is 8.12. The number of rotatable bonds is 5. The molecule has 1 N–H and O–H groups in total. The van der Waals surface area contributed by atoms with E-state index in [0.717, 1.165) is 41.0 Å². The van der Waals surface area contributed by atoms with E-state index in [1.807, 2.05) is 28.2 Å². The highest BCUT2D eigenvalue weighted by molar-refractivity contribution is 9.10. The maximum absolute atomic E-state index is 4.59. The third kappa shape index (κ3) is 3.08. The van der Waals surface area contributed by atoms with Crippen molar-refractivity contribution in [2.24, 2.45) is 0 Å². The SMILES string of the molecule is Cc1ncsc1CCNCc1cn2ccc(Br)cc2n1. The van der Waals surface area contributed by atoms with Crippen molar-refractivity contribution in [2.75, 3.05) is 6.54 Å². The zero-order valence-electron chi connectivity index (χ0n) is 11.1. The third-order valence-corrected chi connectivity index (χ3v) is 4.64. The van der Waals surface area contributed by atoms with Crippen molar-refractivity contribution in [3.8, 4) is 0 Å². The number of nitrogens with one attached hydrogen (secondary N) is 1. The summed E-state index contributed by atoms with van der Waals surface area (Å²) in [4.78, 5) is 10.2. The second kappa shape index (κ2) is 6.03. The van der Waals surface area contributed by atoms with Gasteiger partial charge in [0, 0.05) is 34.8 Å². The summed E-state index contributed by atoms with van der Waals surface area (Å²) in [5.74, 6) is 0. The minimum atomic E-state index is 0.789. The van der Waals surface area contributed by atoms with Gasteiger partial charge in [-0.05, 0) is 25.5 Å². The number of nitrogens with zero attached hydrogens (tertiary/aromatic N) is 3. The van der Waals surface area contributed by atoms with Crippen LogP contribution >= 0.6 is 27.3 Å². The number of aryl methyl sites for hydroxylation is 1. The lowest BCUT2D eigenvalue weighted by Crippen LogP contribution is -2.16. The van der Waals surface area contributed by atoms with E-state index in [2.05, 4.69) is 44.3 Å². The lowest BCUT2D eigenvalue weighted by Gasteiger charge is -2.01. The Morgan fingerprint density at radius 2 is 2.35 bits per heavy atom. The molecule has 0 aromatic carbocycles. The molecule has 0 amide bonds. The Balaban J connectivity index is 1.56. The molecule has 3 aromatic heterocycles. The van der Waals surface area contributed by atoms with Crippen LogP contribution in [0.25, 0.3) is 5.65 Å². The number of hydrogen-bond acceptors (Lipinski definition) is 4. The Morgan fingerprint density at radius 1 is 1.45 bits per heavy atom. The van der Waals surface area contributed by atoms with Gasteiger partial charge in [0.05, 0.1) is 16.9 Å². The van der Waals surface area contributed by atoms with Gasteiger partial charge in [0.15, 0.2) is 0 Å². The number of thiazole rings is 1. The summed E-state index contributed by atoms with van der Waals surface area (Å²) in [6.45, 7) is 3.80. The van der Waals surface area contributed by atoms with E-state index in [9.17, 15) is 0 Å². The van der Waals surface area contributed by atoms with Crippen LogP contribution in [-0.4, -0.2) is 20.9 Å². The maximum atomic E-state index is 4.59. The zero-order valence-corrected chi connectivity index (χ0v) is 13.5. The molecule has 0 unspecified atom stereocenters. The molecule has 0 fully saturated rings. The van der Waals surface area contributed by atoms with Gasteiger partial charge < -0.3 is 9.72 Å². The van der Waals surface area contributed by atoms with Gasteiger partial charge in [-0.2, -0.15) is 0 Å². The molecule has 6 heteroatoms. The van der Waals surface area contributed by atoms with E-state index in [0.29, 0.717) is 0 Å². The van der Waals surface area contributed by atoms with Crippen molar-refractivity contribution >= 4 is 32.9 Å². The van der Waals surface area contributed by atoms with Gasteiger partial charge in [-0.25, -0.2) is 9.97 Å². The molecule has 20 heavy (non-hydrogen) atoms. The number of pyridine rings is 1. The van der Waals surface area contributed by atoms with Crippen molar-refractivity contribution in [3.63, 3.8) is 0 Å². The normalized spacial score (nSPS) is 11.3. The molecule has 3 heterocycles. The van der Waals surface area contributed by atoms with Crippen LogP contribution in [0.15, 0.2) is 34.5 Å². The summed E-state index contributed by atoms with van der Waals surface area (Å²) in [5.41, 5.74) is 5.08. The average molecular weight is 351 g/mol. The standard InChI is InChI=1S/C14H15BrN4S/c1-10-13(20-9-17-10)2-4-16-7-12-8-19-5-3-11(15)6-14(19)18-12/h3,5-6,8-9,16H,2,4,7H2,1H3. The Labute approximate surface area is 130 Å². The molecule has 0 radical (unpaired) electrons. The number of fused-ring (bicyclic) bond motifs is 1. The quantitative estimate of drug-likeness (QED) is 0.718. The van der Waals surface area contributed by atoms with E-state index in [1.54, 1.807) is 11.3 Å². The highest BCUT2D eigenvalue weighted by Gasteiger charge is 2.03. The van der Waals surface area contributed by atoms with Gasteiger partial charge in [0.1, 0.15) is 5.65 Å². The van der Waals surface area contributed by atoms with Crippen molar-refractivity contribution in [2.45, 2.75) is 19.9 Å². The second-order valence-corrected chi connectivity index (χ2v) is 6.49. The number of halogens is 1. The summed E-state index contributed by atoms with van der Waals surface area (Å²) < 4.78 is 3.09. The first-order chi connectivity index (χ1) is 9.72. The number of imidazole rings is 1. The van der Waals surface area contributed by atoms with Crippen molar-refractivity contribution < 1.29 is 0 Å². The summed E-state index contributed by atoms with van der Waals surface area (Å²) in [6.07, 6.45) is 5.10. The summed E-state index contributed by atoms with van der Waals surface area (Å²) in [5, 5.41) is 3.43. The lowest BCUT2D eigenvalue weighted by molar-refractivity contribution is 0.679. The van der Waals surface area contributed by atoms with E-state index in [1.165, 1.54) is 4.88 Å². The lowest BCUT2D eigenvalue weighted by atomic mass is 10.3. The molecule has 0 atom stereocenters. The van der Waals surface area contributed by atoms with Crippen LogP contribution in [0.3, 0.4) is 0 Å². The first kappa shape index (κ1) is 13.7. The van der Waals surface area contributed by atoms with Crippen molar-refractivity contribution in [1.82, 2.24) is 19.7 Å². The molecule has 0 aliphatic carbocycles. The van der Waals surface area contributed by atoms with E-state index in [-0.39, 0.29) is 0 Å². The van der Waals surface area contributed by atoms with E-state index in [4.69, 9.17) is 0 Å². The fraction of sp³-hybridized carbons (Fsp3) is 0.286. The Bertz CT molecular complexity index is 719. The molecular formula is C14H15BrN4S. The fourth-order valence-corrected chi connectivity index (χ4v) is 3.18. The zero-order chi connectivity index (χ0) is 13.9. The molecule has 0 aliphatic heterocycles. The van der Waals surface area contributed by atoms with Crippen LogP contribution in [0, 0.1) is 6.92 Å². The van der Waals surface area contributed by atoms with Gasteiger partial charge >= 0.3 is 0 Å². The maximum Gasteiger partial charge on any atom is 0.138 e. The molecule has 0 aliphatic rings. The predicted octanol–water partition coefficient (Wildman–Crippen LogP) is 3.19. The molecule has 104 valence electrons. The molecule has 3 aromatic rings. The number of aromatic nitrogens is 3. The minimum absolute atomic E-state index is 0.789. The van der Waals surface area contributed by atoms with Gasteiger partial charge in [0.2, 0.25) is 0 Å². The van der Waals surface area contributed by atoms with Crippen LogP contribution in [0.2, 0.25) is 0 Å². The Hall–Kier alpha value is -1.24. The van der Waals surface area contributed by atoms with Crippen LogP contribution in [0.4, 0.5) is 0 Å².